The Morgan fingerprint density at radius 3 is 2.21 bits per heavy atom. The highest BCUT2D eigenvalue weighted by atomic mass is 32.2. The number of benzene rings is 3. The number of fused-ring (bicyclic) bond motifs is 1. The van der Waals surface area contributed by atoms with Crippen LogP contribution in [0.1, 0.15) is 22.5 Å². The van der Waals surface area contributed by atoms with Crippen molar-refractivity contribution < 1.29 is 42.5 Å². The van der Waals surface area contributed by atoms with Crippen LogP contribution in [0, 0.1) is 11.8 Å². The molecule has 0 amide bonds. The number of cyclic esters (lactones) is 1. The number of aliphatic hydroxyl groups excluding tert-OH is 1. The maximum absolute atomic E-state index is 14.1. The Kier molecular flexibility index (Phi) is 7.44. The van der Waals surface area contributed by atoms with Gasteiger partial charge in [-0.2, -0.15) is 0 Å². The van der Waals surface area contributed by atoms with Crippen molar-refractivity contribution in [2.24, 2.45) is 11.8 Å². The predicted molar refractivity (Wildman–Crippen MR) is 137 cm³/mol. The van der Waals surface area contributed by atoms with Crippen LogP contribution in [0.15, 0.2) is 65.6 Å². The number of esters is 1. The fourth-order valence-electron chi connectivity index (χ4n) is 4.99. The summed E-state index contributed by atoms with van der Waals surface area (Å²) in [5, 5.41) is 10.9. The van der Waals surface area contributed by atoms with E-state index in [2.05, 4.69) is 0 Å². The highest BCUT2D eigenvalue weighted by molar-refractivity contribution is 7.85. The number of hydrogen-bond donors (Lipinski definition) is 1. The van der Waals surface area contributed by atoms with Crippen molar-refractivity contribution in [3.63, 3.8) is 0 Å². The molecule has 0 bridgehead atoms. The molecular weight excluding hydrogens is 512 g/mol. The minimum atomic E-state index is -1.59. The van der Waals surface area contributed by atoms with Gasteiger partial charge in [0.1, 0.15) is 0 Å². The SMILES string of the molecule is COc1cc(C(O)[C@H]2C(=O)OC[C@@H]2C(c2ccc3c(c2)OCO3)S(=O)c2ccccc2)cc(OC)c1OC. The highest BCUT2D eigenvalue weighted by Gasteiger charge is 2.49. The van der Waals surface area contributed by atoms with Crippen molar-refractivity contribution in [3.8, 4) is 28.7 Å². The van der Waals surface area contributed by atoms with Crippen LogP contribution in [0.25, 0.3) is 0 Å². The average molecular weight is 541 g/mol. The monoisotopic (exact) mass is 540 g/mol. The van der Waals surface area contributed by atoms with Crippen LogP contribution in [0.2, 0.25) is 0 Å². The molecule has 2 aliphatic heterocycles. The molecule has 5 atom stereocenters. The quantitative estimate of drug-likeness (QED) is 0.405. The fraction of sp³-hybridized carbons (Fsp3) is 0.321. The van der Waals surface area contributed by atoms with Gasteiger partial charge in [-0.05, 0) is 47.5 Å². The van der Waals surface area contributed by atoms with Crippen LogP contribution in [-0.2, 0) is 20.3 Å². The number of ether oxygens (including phenoxy) is 6. The molecule has 1 fully saturated rings. The molecule has 38 heavy (non-hydrogen) atoms. The predicted octanol–water partition coefficient (Wildman–Crippen LogP) is 3.81. The van der Waals surface area contributed by atoms with E-state index in [1.807, 2.05) is 24.3 Å². The van der Waals surface area contributed by atoms with Crippen LogP contribution >= 0.6 is 0 Å². The Labute approximate surface area is 222 Å². The van der Waals surface area contributed by atoms with E-state index in [1.54, 1.807) is 36.4 Å². The second-order valence-electron chi connectivity index (χ2n) is 8.87. The van der Waals surface area contributed by atoms with Crippen LogP contribution in [0.3, 0.4) is 0 Å². The third kappa shape index (κ3) is 4.65. The van der Waals surface area contributed by atoms with E-state index >= 15 is 0 Å². The van der Waals surface area contributed by atoms with Gasteiger partial charge >= 0.3 is 5.97 Å². The largest absolute Gasteiger partial charge is 0.493 e. The normalized spacial score (nSPS) is 20.4. The number of rotatable bonds is 9. The molecule has 10 heteroatoms. The van der Waals surface area contributed by atoms with E-state index in [-0.39, 0.29) is 13.4 Å². The molecule has 3 aromatic rings. The van der Waals surface area contributed by atoms with Gasteiger partial charge in [0.05, 0.1) is 56.0 Å². The average Bonchev–Trinajstić information content (AvgIpc) is 3.58. The second-order valence-corrected chi connectivity index (χ2v) is 10.4. The first-order chi connectivity index (χ1) is 18.5. The van der Waals surface area contributed by atoms with Crippen molar-refractivity contribution in [1.29, 1.82) is 0 Å². The van der Waals surface area contributed by atoms with Gasteiger partial charge in [0.25, 0.3) is 0 Å². The molecule has 3 aromatic carbocycles. The summed E-state index contributed by atoms with van der Waals surface area (Å²) in [6.07, 6.45) is -1.30. The first-order valence-electron chi connectivity index (χ1n) is 12.0. The van der Waals surface area contributed by atoms with E-state index in [1.165, 1.54) is 21.3 Å². The second kappa shape index (κ2) is 10.9. The Bertz CT molecular complexity index is 1320. The fourth-order valence-corrected chi connectivity index (χ4v) is 6.67. The lowest BCUT2D eigenvalue weighted by Gasteiger charge is -2.29. The Morgan fingerprint density at radius 2 is 1.55 bits per heavy atom. The number of aliphatic hydroxyl groups is 1. The van der Waals surface area contributed by atoms with Gasteiger partial charge in [-0.15, -0.1) is 0 Å². The molecule has 0 radical (unpaired) electrons. The summed E-state index contributed by atoms with van der Waals surface area (Å²) in [4.78, 5) is 13.7. The van der Waals surface area contributed by atoms with Gasteiger partial charge in [-0.25, -0.2) is 0 Å². The lowest BCUT2D eigenvalue weighted by Crippen LogP contribution is -2.30. The molecule has 0 aliphatic carbocycles. The zero-order chi connectivity index (χ0) is 26.8. The summed E-state index contributed by atoms with van der Waals surface area (Å²) >= 11 is 0. The number of carbonyl (C=O) groups is 1. The molecule has 2 heterocycles. The number of hydrogen-bond acceptors (Lipinski definition) is 9. The summed E-state index contributed by atoms with van der Waals surface area (Å²) in [7, 11) is 2.83. The van der Waals surface area contributed by atoms with Gasteiger partial charge in [-0.1, -0.05) is 24.3 Å². The maximum Gasteiger partial charge on any atom is 0.312 e. The zero-order valence-electron chi connectivity index (χ0n) is 21.1. The van der Waals surface area contributed by atoms with Gasteiger partial charge in [0.15, 0.2) is 23.0 Å². The number of carbonyl (C=O) groups excluding carboxylic acids is 1. The smallest absolute Gasteiger partial charge is 0.312 e. The van der Waals surface area contributed by atoms with Crippen LogP contribution in [-0.4, -0.2) is 50.0 Å². The minimum Gasteiger partial charge on any atom is -0.493 e. The van der Waals surface area contributed by atoms with Crippen molar-refractivity contribution in [2.75, 3.05) is 34.7 Å². The standard InChI is InChI=1S/C28H28O9S/c1-32-22-12-17(13-23(33-2)26(22)34-3)25(29)24-19(14-35-28(24)30)27(38(31)18-7-5-4-6-8-18)16-9-10-20-21(11-16)37-15-36-20/h4-13,19,24-25,27,29H,14-15H2,1-3H3/t19-,24-,25?,27?,38?/m0/s1. The van der Waals surface area contributed by atoms with Crippen molar-refractivity contribution in [3.05, 3.63) is 71.8 Å². The van der Waals surface area contributed by atoms with Crippen molar-refractivity contribution in [2.45, 2.75) is 16.2 Å². The molecule has 0 spiro atoms. The first-order valence-corrected chi connectivity index (χ1v) is 13.2. The maximum atomic E-state index is 14.1. The summed E-state index contributed by atoms with van der Waals surface area (Å²) in [5.41, 5.74) is 1.06. The number of methoxy groups -OCH3 is 3. The van der Waals surface area contributed by atoms with E-state index in [0.29, 0.717) is 44.8 Å². The molecule has 9 nitrogen and oxygen atoms in total. The molecule has 1 N–H and O–H groups in total. The van der Waals surface area contributed by atoms with Gasteiger partial charge < -0.3 is 33.5 Å². The molecule has 1 saturated heterocycles. The van der Waals surface area contributed by atoms with Gasteiger partial charge in [0, 0.05) is 10.8 Å². The summed E-state index contributed by atoms with van der Waals surface area (Å²) in [5.74, 6) is -0.0610. The Hall–Kier alpha value is -3.76. The molecule has 0 saturated carbocycles. The molecule has 200 valence electrons. The van der Waals surface area contributed by atoms with E-state index in [0.717, 1.165) is 0 Å². The molecule has 2 aliphatic rings. The van der Waals surface area contributed by atoms with Gasteiger partial charge in [-0.3, -0.25) is 9.00 Å². The van der Waals surface area contributed by atoms with E-state index in [9.17, 15) is 14.1 Å². The Balaban J connectivity index is 1.58. The van der Waals surface area contributed by atoms with E-state index < -0.39 is 40.0 Å². The summed E-state index contributed by atoms with van der Waals surface area (Å²) in [6, 6.07) is 17.5. The van der Waals surface area contributed by atoms with Crippen molar-refractivity contribution in [1.82, 2.24) is 0 Å². The Morgan fingerprint density at radius 1 is 0.868 bits per heavy atom. The van der Waals surface area contributed by atoms with Gasteiger partial charge in [0.2, 0.25) is 12.5 Å². The van der Waals surface area contributed by atoms with Crippen LogP contribution in [0.4, 0.5) is 0 Å². The third-order valence-electron chi connectivity index (χ3n) is 6.84. The molecule has 3 unspecified atom stereocenters. The molecular formula is C28H28O9S. The highest BCUT2D eigenvalue weighted by Crippen LogP contribution is 2.48. The summed E-state index contributed by atoms with van der Waals surface area (Å²) in [6.45, 7) is 0.0847. The van der Waals surface area contributed by atoms with E-state index in [4.69, 9.17) is 28.4 Å². The third-order valence-corrected chi connectivity index (χ3v) is 8.66. The summed E-state index contributed by atoms with van der Waals surface area (Å²) < 4.78 is 46.8. The van der Waals surface area contributed by atoms with Crippen molar-refractivity contribution >= 4 is 16.8 Å². The first kappa shape index (κ1) is 25.9. The van der Waals surface area contributed by atoms with Crippen LogP contribution in [0.5, 0.6) is 28.7 Å². The molecule has 0 aromatic heterocycles. The van der Waals surface area contributed by atoms with Crippen LogP contribution < -0.4 is 23.7 Å². The minimum absolute atomic E-state index is 0.0112. The lowest BCUT2D eigenvalue weighted by molar-refractivity contribution is -0.144. The zero-order valence-corrected chi connectivity index (χ0v) is 21.9. The topological polar surface area (TPSA) is 110 Å². The lowest BCUT2D eigenvalue weighted by atomic mass is 9.82. The molecule has 5 rings (SSSR count).